The van der Waals surface area contributed by atoms with Crippen molar-refractivity contribution in [3.8, 4) is 55.1 Å². The van der Waals surface area contributed by atoms with Gasteiger partial charge in [-0.25, -0.2) is 4.98 Å². The van der Waals surface area contributed by atoms with E-state index >= 15 is 0 Å². The van der Waals surface area contributed by atoms with Crippen LogP contribution in [0.5, 0.6) is 0 Å². The largest absolute Gasteiger partial charge is 0.264 e. The third-order valence-corrected chi connectivity index (χ3v) is 12.0. The number of hydrogen-bond acceptors (Lipinski definition) is 3. The van der Waals surface area contributed by atoms with Gasteiger partial charge < -0.3 is 0 Å². The zero-order valence-electron chi connectivity index (χ0n) is 29.8. The number of nitrogens with zero attached hydrogens (tertiary/aromatic N) is 2. The molecule has 0 amide bonds. The molecule has 0 aliphatic heterocycles. The normalized spacial score (nSPS) is 11.6. The lowest BCUT2D eigenvalue weighted by atomic mass is 9.89. The van der Waals surface area contributed by atoms with Gasteiger partial charge in [-0.15, -0.1) is 11.3 Å². The molecule has 2 heterocycles. The van der Waals surface area contributed by atoms with Gasteiger partial charge in [-0.3, -0.25) is 4.98 Å². The van der Waals surface area contributed by atoms with Crippen LogP contribution in [0, 0.1) is 0 Å². The minimum atomic E-state index is 1.01. The molecule has 0 N–H and O–H groups in total. The fourth-order valence-corrected chi connectivity index (χ4v) is 9.32. The van der Waals surface area contributed by atoms with Crippen LogP contribution in [0.25, 0.3) is 108 Å². The van der Waals surface area contributed by atoms with E-state index in [0.29, 0.717) is 0 Å². The van der Waals surface area contributed by atoms with E-state index in [1.54, 1.807) is 11.3 Å². The van der Waals surface area contributed by atoms with Gasteiger partial charge in [0.25, 0.3) is 0 Å². The Kier molecular flexibility index (Phi) is 7.39. The Labute approximate surface area is 322 Å². The number of pyridine rings is 1. The molecule has 256 valence electrons. The lowest BCUT2D eigenvalue weighted by Gasteiger charge is -2.15. The zero-order chi connectivity index (χ0) is 36.3. The number of aromatic nitrogens is 2. The predicted octanol–water partition coefficient (Wildman–Crippen LogP) is 14.6. The maximum absolute atomic E-state index is 5.45. The van der Waals surface area contributed by atoms with E-state index in [0.717, 1.165) is 32.8 Å². The second-order valence-electron chi connectivity index (χ2n) is 14.2. The van der Waals surface area contributed by atoms with Crippen LogP contribution >= 0.6 is 11.3 Å². The molecule has 55 heavy (non-hydrogen) atoms. The summed E-state index contributed by atoms with van der Waals surface area (Å²) in [6, 6.07) is 66.2. The highest BCUT2D eigenvalue weighted by Crippen LogP contribution is 2.45. The summed E-state index contributed by atoms with van der Waals surface area (Å²) >= 11 is 1.77. The van der Waals surface area contributed by atoms with Crippen molar-refractivity contribution in [3.05, 3.63) is 194 Å². The summed E-state index contributed by atoms with van der Waals surface area (Å²) < 4.78 is 1.17. The third-order valence-electron chi connectivity index (χ3n) is 11.0. The molecule has 0 unspecified atom stereocenters. The number of benzene rings is 9. The minimum Gasteiger partial charge on any atom is -0.264 e. The lowest BCUT2D eigenvalue weighted by Crippen LogP contribution is -1.89. The molecule has 2 nitrogen and oxygen atoms in total. The topological polar surface area (TPSA) is 25.8 Å². The number of fused-ring (bicyclic) bond motifs is 7. The van der Waals surface area contributed by atoms with Gasteiger partial charge in [0.2, 0.25) is 0 Å². The second kappa shape index (κ2) is 12.9. The van der Waals surface area contributed by atoms with Crippen LogP contribution in [-0.4, -0.2) is 9.97 Å². The summed E-state index contributed by atoms with van der Waals surface area (Å²) in [6.45, 7) is 0. The first-order valence-corrected chi connectivity index (χ1v) is 19.4. The molecule has 0 bridgehead atoms. The molecule has 0 fully saturated rings. The van der Waals surface area contributed by atoms with Gasteiger partial charge >= 0.3 is 0 Å². The van der Waals surface area contributed by atoms with Gasteiger partial charge in [-0.1, -0.05) is 152 Å². The van der Waals surface area contributed by atoms with Crippen molar-refractivity contribution >= 4 is 64.6 Å². The van der Waals surface area contributed by atoms with E-state index in [-0.39, 0.29) is 0 Å². The first-order chi connectivity index (χ1) is 27.2. The highest BCUT2D eigenvalue weighted by Gasteiger charge is 2.19. The minimum absolute atomic E-state index is 1.01. The van der Waals surface area contributed by atoms with E-state index in [2.05, 4.69) is 181 Å². The van der Waals surface area contributed by atoms with Gasteiger partial charge in [0.1, 0.15) is 5.01 Å². The predicted molar refractivity (Wildman–Crippen MR) is 235 cm³/mol. The Hall–Kier alpha value is -6.94. The van der Waals surface area contributed by atoms with Crippen LogP contribution in [0.4, 0.5) is 0 Å². The molecule has 0 aliphatic carbocycles. The zero-order valence-corrected chi connectivity index (χ0v) is 30.6. The second-order valence-corrected chi connectivity index (χ2v) is 15.2. The summed E-state index contributed by atoms with van der Waals surface area (Å²) in [6.07, 6.45) is 3.71. The molecule has 0 saturated heterocycles. The van der Waals surface area contributed by atoms with Crippen LogP contribution in [0.3, 0.4) is 0 Å². The van der Waals surface area contributed by atoms with Crippen LogP contribution < -0.4 is 0 Å². The molecule has 0 spiro atoms. The number of thiazole rings is 1. The molecule has 3 heteroatoms. The molecule has 11 rings (SSSR count). The fraction of sp³-hybridized carbons (Fsp3) is 0. The van der Waals surface area contributed by atoms with Crippen LogP contribution in [0.2, 0.25) is 0 Å². The molecule has 0 aliphatic rings. The molecule has 9 aromatic carbocycles. The van der Waals surface area contributed by atoms with Crippen molar-refractivity contribution in [3.63, 3.8) is 0 Å². The average Bonchev–Trinajstić information content (AvgIpc) is 3.70. The molecule has 2 aromatic heterocycles. The molecular weight excluding hydrogens is 685 g/mol. The Bertz CT molecular complexity index is 3230. The number of hydrogen-bond donors (Lipinski definition) is 0. The summed E-state index contributed by atoms with van der Waals surface area (Å²) in [5.41, 5.74) is 11.6. The average molecular weight is 717 g/mol. The van der Waals surface area contributed by atoms with E-state index in [1.807, 2.05) is 18.5 Å². The van der Waals surface area contributed by atoms with Crippen molar-refractivity contribution in [2.75, 3.05) is 0 Å². The Morgan fingerprint density at radius 2 is 0.855 bits per heavy atom. The van der Waals surface area contributed by atoms with Crippen molar-refractivity contribution in [2.24, 2.45) is 0 Å². The first kappa shape index (κ1) is 31.6. The maximum Gasteiger partial charge on any atom is 0.124 e. The lowest BCUT2D eigenvalue weighted by molar-refractivity contribution is 1.33. The van der Waals surface area contributed by atoms with Crippen LogP contribution in [0.15, 0.2) is 194 Å². The highest BCUT2D eigenvalue weighted by atomic mass is 32.1. The van der Waals surface area contributed by atoms with Gasteiger partial charge in [0, 0.05) is 23.5 Å². The molecule has 0 atom stereocenters. The third kappa shape index (κ3) is 5.40. The highest BCUT2D eigenvalue weighted by molar-refractivity contribution is 7.21. The first-order valence-electron chi connectivity index (χ1n) is 18.6. The monoisotopic (exact) mass is 716 g/mol. The summed E-state index contributed by atoms with van der Waals surface area (Å²) in [5, 5.41) is 11.0. The molecule has 0 saturated carbocycles. The number of rotatable bonds is 5. The van der Waals surface area contributed by atoms with Crippen LogP contribution in [-0.2, 0) is 0 Å². The quantitative estimate of drug-likeness (QED) is 0.166. The van der Waals surface area contributed by atoms with Crippen molar-refractivity contribution in [1.82, 2.24) is 9.97 Å². The Morgan fingerprint density at radius 3 is 1.45 bits per heavy atom. The smallest absolute Gasteiger partial charge is 0.124 e. The van der Waals surface area contributed by atoms with E-state index in [4.69, 9.17) is 4.98 Å². The van der Waals surface area contributed by atoms with E-state index in [1.165, 1.54) is 75.6 Å². The molecular formula is C52H32N2S. The maximum atomic E-state index is 5.45. The molecule has 0 radical (unpaired) electrons. The standard InChI is InChI=1S/C52H32N2S/c1-3-13-41-37(10-1)28-47(45-17-7-5-15-43(41)45)40-30-49(48-29-38-11-2-4-14-42(38)44-16-6-8-18-46(44)48)51-50(31-40)55-52(54-51)36-25-23-34(24-26-36)33-19-21-35(22-20-33)39-12-9-27-53-32-39/h1-32H. The summed E-state index contributed by atoms with van der Waals surface area (Å²) in [4.78, 5) is 9.74. The van der Waals surface area contributed by atoms with Gasteiger partial charge in [0.05, 0.1) is 10.2 Å². The summed E-state index contributed by atoms with van der Waals surface area (Å²) in [5.74, 6) is 0. The van der Waals surface area contributed by atoms with Crippen molar-refractivity contribution < 1.29 is 0 Å². The van der Waals surface area contributed by atoms with Gasteiger partial charge in [-0.05, 0) is 112 Å². The van der Waals surface area contributed by atoms with E-state index < -0.39 is 0 Å². The van der Waals surface area contributed by atoms with E-state index in [9.17, 15) is 0 Å². The SMILES string of the molecule is c1cncc(-c2ccc(-c3ccc(-c4nc5c(-c6cc7ccccc7c7ccccc67)cc(-c6cc7ccccc7c7ccccc67)cc5s4)cc3)cc2)c1. The van der Waals surface area contributed by atoms with Gasteiger partial charge in [0.15, 0.2) is 0 Å². The molecule has 11 aromatic rings. The fourth-order valence-electron chi connectivity index (χ4n) is 8.28. The Balaban J connectivity index is 1.10. The van der Waals surface area contributed by atoms with Crippen LogP contribution in [0.1, 0.15) is 0 Å². The van der Waals surface area contributed by atoms with Gasteiger partial charge in [-0.2, -0.15) is 0 Å². The Morgan fingerprint density at radius 1 is 0.345 bits per heavy atom. The van der Waals surface area contributed by atoms with Crippen molar-refractivity contribution in [1.29, 1.82) is 0 Å². The van der Waals surface area contributed by atoms with Crippen molar-refractivity contribution in [2.45, 2.75) is 0 Å². The summed E-state index contributed by atoms with van der Waals surface area (Å²) in [7, 11) is 0.